The van der Waals surface area contributed by atoms with Crippen LogP contribution in [-0.4, -0.2) is 41.9 Å². The molecule has 7 heteroatoms. The van der Waals surface area contributed by atoms with Gasteiger partial charge in [0.2, 0.25) is 0 Å². The Balaban J connectivity index is 0.00000280. The molecule has 0 saturated carbocycles. The van der Waals surface area contributed by atoms with Gasteiger partial charge >= 0.3 is 0 Å². The summed E-state index contributed by atoms with van der Waals surface area (Å²) in [5.74, 6) is 0.855. The molecule has 0 bridgehead atoms. The number of aliphatic imine (C=N–C) groups is 1. The van der Waals surface area contributed by atoms with Crippen molar-refractivity contribution >= 4 is 35.6 Å². The van der Waals surface area contributed by atoms with Crippen molar-refractivity contribution in [2.75, 3.05) is 25.0 Å². The fourth-order valence-electron chi connectivity index (χ4n) is 3.72. The van der Waals surface area contributed by atoms with E-state index >= 15 is 0 Å². The monoisotopic (exact) mass is 496 g/mol. The maximum Gasteiger partial charge on any atom is 0.191 e. The predicted molar refractivity (Wildman–Crippen MR) is 128 cm³/mol. The highest BCUT2D eigenvalue weighted by Gasteiger charge is 2.21. The highest BCUT2D eigenvalue weighted by atomic mass is 127. The minimum atomic E-state index is 0. The molecular weight excluding hydrogens is 463 g/mol. The molecule has 0 aliphatic carbocycles. The Hall–Kier alpha value is -1.77. The van der Waals surface area contributed by atoms with Gasteiger partial charge in [0, 0.05) is 56.7 Å². The molecule has 0 amide bonds. The van der Waals surface area contributed by atoms with Gasteiger partial charge in [0.25, 0.3) is 0 Å². The quantitative estimate of drug-likeness (QED) is 0.388. The Morgan fingerprint density at radius 2 is 1.93 bits per heavy atom. The predicted octanol–water partition coefficient (Wildman–Crippen LogP) is 3.30. The second-order valence-corrected chi connectivity index (χ2v) is 7.46. The lowest BCUT2D eigenvalue weighted by molar-refractivity contribution is 0.468. The average molecular weight is 496 g/mol. The number of benzene rings is 1. The first-order valence-corrected chi connectivity index (χ1v) is 9.75. The van der Waals surface area contributed by atoms with Crippen molar-refractivity contribution in [3.63, 3.8) is 0 Å². The molecule has 1 aliphatic rings. The molecule has 0 radical (unpaired) electrons. The molecule has 154 valence electrons. The minimum Gasteiger partial charge on any atom is -0.369 e. The number of hydrogen-bond acceptors (Lipinski definition) is 3. The van der Waals surface area contributed by atoms with Crippen LogP contribution in [-0.2, 0) is 13.6 Å². The molecule has 2 N–H and O–H groups in total. The Morgan fingerprint density at radius 1 is 1.21 bits per heavy atom. The van der Waals surface area contributed by atoms with Crippen molar-refractivity contribution in [3.8, 4) is 0 Å². The maximum absolute atomic E-state index is 4.49. The summed E-state index contributed by atoms with van der Waals surface area (Å²) in [5.41, 5.74) is 6.11. The molecular formula is C21H33IN6. The summed E-state index contributed by atoms with van der Waals surface area (Å²) in [7, 11) is 3.82. The zero-order valence-corrected chi connectivity index (χ0v) is 19.9. The van der Waals surface area contributed by atoms with Gasteiger partial charge in [-0.3, -0.25) is 9.67 Å². The molecule has 1 fully saturated rings. The third-order valence-electron chi connectivity index (χ3n) is 5.48. The number of nitrogens with one attached hydrogen (secondary N) is 2. The van der Waals surface area contributed by atoms with Gasteiger partial charge in [0.15, 0.2) is 5.96 Å². The number of guanidine groups is 1. The summed E-state index contributed by atoms with van der Waals surface area (Å²) in [5, 5.41) is 11.5. The van der Waals surface area contributed by atoms with Crippen LogP contribution >= 0.6 is 24.0 Å². The SMILES string of the molecule is CN=C(NCc1c(C)nn(C)c1C)NC1CCCN(c2ccc(C)cc2)C1.I. The third kappa shape index (κ3) is 5.40. The number of nitrogens with zero attached hydrogens (tertiary/aromatic N) is 4. The van der Waals surface area contributed by atoms with Crippen molar-refractivity contribution in [2.45, 2.75) is 46.2 Å². The van der Waals surface area contributed by atoms with Crippen molar-refractivity contribution < 1.29 is 0 Å². The lowest BCUT2D eigenvalue weighted by Gasteiger charge is -2.35. The second kappa shape index (κ2) is 10.1. The number of rotatable bonds is 4. The summed E-state index contributed by atoms with van der Waals surface area (Å²) >= 11 is 0. The first kappa shape index (κ1) is 22.5. The fraction of sp³-hybridized carbons (Fsp3) is 0.524. The Kier molecular flexibility index (Phi) is 8.15. The van der Waals surface area contributed by atoms with E-state index in [1.165, 1.54) is 28.9 Å². The fourth-order valence-corrected chi connectivity index (χ4v) is 3.72. The molecule has 28 heavy (non-hydrogen) atoms. The van der Waals surface area contributed by atoms with Gasteiger partial charge in [0.05, 0.1) is 5.69 Å². The van der Waals surface area contributed by atoms with Crippen LogP contribution in [0.3, 0.4) is 0 Å². The zero-order chi connectivity index (χ0) is 19.4. The van der Waals surface area contributed by atoms with E-state index < -0.39 is 0 Å². The van der Waals surface area contributed by atoms with E-state index in [0.29, 0.717) is 6.04 Å². The molecule has 0 spiro atoms. The van der Waals surface area contributed by atoms with E-state index in [-0.39, 0.29) is 24.0 Å². The summed E-state index contributed by atoms with van der Waals surface area (Å²) in [6, 6.07) is 9.20. The van der Waals surface area contributed by atoms with Crippen molar-refractivity contribution in [1.29, 1.82) is 0 Å². The Bertz CT molecular complexity index is 796. The number of anilines is 1. The molecule has 1 unspecified atom stereocenters. The van der Waals surface area contributed by atoms with Crippen LogP contribution in [0.2, 0.25) is 0 Å². The third-order valence-corrected chi connectivity index (χ3v) is 5.48. The molecule has 1 aromatic heterocycles. The van der Waals surface area contributed by atoms with Gasteiger partial charge in [-0.05, 0) is 45.7 Å². The lowest BCUT2D eigenvalue weighted by Crippen LogP contribution is -2.51. The maximum atomic E-state index is 4.49. The highest BCUT2D eigenvalue weighted by molar-refractivity contribution is 14.0. The topological polar surface area (TPSA) is 57.5 Å². The van der Waals surface area contributed by atoms with Gasteiger partial charge in [-0.15, -0.1) is 24.0 Å². The smallest absolute Gasteiger partial charge is 0.191 e. The molecule has 1 atom stereocenters. The van der Waals surface area contributed by atoms with E-state index in [1.54, 1.807) is 0 Å². The van der Waals surface area contributed by atoms with Crippen LogP contribution in [0.5, 0.6) is 0 Å². The number of piperidine rings is 1. The largest absolute Gasteiger partial charge is 0.369 e. The first-order valence-electron chi connectivity index (χ1n) is 9.75. The highest BCUT2D eigenvalue weighted by Crippen LogP contribution is 2.20. The molecule has 3 rings (SSSR count). The number of hydrogen-bond donors (Lipinski definition) is 2. The standard InChI is InChI=1S/C21H32N6.HI/c1-15-8-10-19(11-9-15)27-12-6-7-18(14-27)24-21(22-4)23-13-20-16(2)25-26(5)17(20)3;/h8-11,18H,6-7,12-14H2,1-5H3,(H2,22,23,24);1H. The molecule has 2 heterocycles. The zero-order valence-electron chi connectivity index (χ0n) is 17.6. The van der Waals surface area contributed by atoms with Gasteiger partial charge in [-0.1, -0.05) is 17.7 Å². The van der Waals surface area contributed by atoms with E-state index in [0.717, 1.165) is 37.7 Å². The Morgan fingerprint density at radius 3 is 2.54 bits per heavy atom. The summed E-state index contributed by atoms with van der Waals surface area (Å²) in [4.78, 5) is 6.88. The van der Waals surface area contributed by atoms with Crippen LogP contribution in [0.4, 0.5) is 5.69 Å². The molecule has 1 saturated heterocycles. The summed E-state index contributed by atoms with van der Waals surface area (Å²) in [6.45, 7) is 9.13. The van der Waals surface area contributed by atoms with Crippen molar-refractivity contribution in [2.24, 2.45) is 12.0 Å². The van der Waals surface area contributed by atoms with Crippen LogP contribution in [0.1, 0.15) is 35.4 Å². The Labute approximate surface area is 185 Å². The van der Waals surface area contributed by atoms with Crippen LogP contribution < -0.4 is 15.5 Å². The van der Waals surface area contributed by atoms with Gasteiger partial charge in [0.1, 0.15) is 0 Å². The van der Waals surface area contributed by atoms with Crippen molar-refractivity contribution in [3.05, 3.63) is 46.8 Å². The molecule has 1 aliphatic heterocycles. The minimum absolute atomic E-state index is 0. The van der Waals surface area contributed by atoms with Gasteiger partial charge in [-0.25, -0.2) is 0 Å². The van der Waals surface area contributed by atoms with E-state index in [2.05, 4.69) is 70.7 Å². The lowest BCUT2D eigenvalue weighted by atomic mass is 10.0. The molecule has 1 aromatic carbocycles. The summed E-state index contributed by atoms with van der Waals surface area (Å²) in [6.07, 6.45) is 2.34. The average Bonchev–Trinajstić information content (AvgIpc) is 2.91. The van der Waals surface area contributed by atoms with E-state index in [4.69, 9.17) is 0 Å². The molecule has 6 nitrogen and oxygen atoms in total. The van der Waals surface area contributed by atoms with Gasteiger partial charge < -0.3 is 15.5 Å². The number of aryl methyl sites for hydroxylation is 3. The second-order valence-electron chi connectivity index (χ2n) is 7.46. The normalized spacial score (nSPS) is 17.2. The molecule has 2 aromatic rings. The van der Waals surface area contributed by atoms with Crippen LogP contribution in [0.15, 0.2) is 29.3 Å². The number of aromatic nitrogens is 2. The number of halogens is 1. The van der Waals surface area contributed by atoms with Crippen LogP contribution in [0, 0.1) is 20.8 Å². The first-order chi connectivity index (χ1) is 13.0. The van der Waals surface area contributed by atoms with Crippen LogP contribution in [0.25, 0.3) is 0 Å². The summed E-state index contributed by atoms with van der Waals surface area (Å²) < 4.78 is 1.93. The van der Waals surface area contributed by atoms with Gasteiger partial charge in [-0.2, -0.15) is 5.10 Å². The van der Waals surface area contributed by atoms with E-state index in [1.807, 2.05) is 18.8 Å². The van der Waals surface area contributed by atoms with E-state index in [9.17, 15) is 0 Å². The van der Waals surface area contributed by atoms with Crippen molar-refractivity contribution in [1.82, 2.24) is 20.4 Å².